The van der Waals surface area contributed by atoms with Crippen LogP contribution in [0.25, 0.3) is 0 Å². The molecule has 6 heteroatoms. The molecule has 1 amide bonds. The minimum Gasteiger partial charge on any atom is -1.00 e. The number of rotatable bonds is 8. The highest BCUT2D eigenvalue weighted by atomic mass is 127. The Bertz CT molecular complexity index is 1110. The van der Waals surface area contributed by atoms with Crippen LogP contribution in [-0.2, 0) is 4.79 Å². The molecule has 2 N–H and O–H groups in total. The molecule has 0 unspecified atom stereocenters. The van der Waals surface area contributed by atoms with E-state index in [0.29, 0.717) is 5.56 Å². The standard InChI is InChI=1S/C28H24NO3P.HI/c30-27(22-13-5-1-6-14-22)29-26(28(31)32)21-33(23-15-7-2-8-16-23,24-17-9-3-10-18-24)25-19-11-4-12-20-25;/h1-20,26H,21H2,(H-,29,30,31,32);1H/t26-;/m1./s1. The number of nitrogens with one attached hydrogen (secondary N) is 1. The number of carbonyl (C=O) groups excluding carboxylic acids is 1. The van der Waals surface area contributed by atoms with Crippen molar-refractivity contribution >= 4 is 35.1 Å². The molecule has 0 saturated carbocycles. The highest BCUT2D eigenvalue weighted by Crippen LogP contribution is 2.55. The van der Waals surface area contributed by atoms with Gasteiger partial charge in [-0.05, 0) is 48.5 Å². The monoisotopic (exact) mass is 581 g/mol. The van der Waals surface area contributed by atoms with Crippen LogP contribution in [0.5, 0.6) is 0 Å². The molecule has 0 radical (unpaired) electrons. The minimum atomic E-state index is -2.41. The first-order valence-electron chi connectivity index (χ1n) is 10.7. The van der Waals surface area contributed by atoms with E-state index in [1.54, 1.807) is 24.3 Å². The van der Waals surface area contributed by atoms with Crippen molar-refractivity contribution in [3.05, 3.63) is 127 Å². The Morgan fingerprint density at radius 2 is 1.00 bits per heavy atom. The van der Waals surface area contributed by atoms with Gasteiger partial charge in [0.25, 0.3) is 5.91 Å². The van der Waals surface area contributed by atoms with Crippen LogP contribution in [0.1, 0.15) is 10.4 Å². The van der Waals surface area contributed by atoms with Crippen LogP contribution in [-0.4, -0.2) is 29.2 Å². The fourth-order valence-electron chi connectivity index (χ4n) is 4.10. The molecule has 0 aromatic heterocycles. The zero-order valence-corrected chi connectivity index (χ0v) is 21.5. The van der Waals surface area contributed by atoms with E-state index < -0.39 is 25.2 Å². The average molecular weight is 581 g/mol. The van der Waals surface area contributed by atoms with Gasteiger partial charge in [-0.3, -0.25) is 4.79 Å². The molecule has 0 aliphatic heterocycles. The van der Waals surface area contributed by atoms with Gasteiger partial charge >= 0.3 is 5.97 Å². The molecule has 4 rings (SSSR count). The Labute approximate surface area is 217 Å². The van der Waals surface area contributed by atoms with Crippen LogP contribution in [0.2, 0.25) is 0 Å². The van der Waals surface area contributed by atoms with Crippen molar-refractivity contribution < 1.29 is 38.7 Å². The van der Waals surface area contributed by atoms with Crippen molar-refractivity contribution in [2.45, 2.75) is 6.04 Å². The number of amides is 1. The van der Waals surface area contributed by atoms with Gasteiger partial charge in [0.1, 0.15) is 29.3 Å². The molecule has 4 aromatic rings. The average Bonchev–Trinajstić information content (AvgIpc) is 2.88. The molecular weight excluding hydrogens is 556 g/mol. The summed E-state index contributed by atoms with van der Waals surface area (Å²) in [5.41, 5.74) is 0.437. The Morgan fingerprint density at radius 1 is 0.647 bits per heavy atom. The molecule has 0 aliphatic rings. The summed E-state index contributed by atoms with van der Waals surface area (Å²) in [5.74, 6) is -1.44. The van der Waals surface area contributed by atoms with Gasteiger partial charge in [-0.25, -0.2) is 4.79 Å². The van der Waals surface area contributed by atoms with Crippen LogP contribution < -0.4 is 45.2 Å². The third-order valence-corrected chi connectivity index (χ3v) is 10.1. The fourth-order valence-corrected chi connectivity index (χ4v) is 8.47. The molecule has 0 bridgehead atoms. The predicted molar refractivity (Wildman–Crippen MR) is 135 cm³/mol. The lowest BCUT2D eigenvalue weighted by atomic mass is 10.2. The summed E-state index contributed by atoms with van der Waals surface area (Å²) < 4.78 is 0. The molecule has 0 spiro atoms. The number of aliphatic carboxylic acids is 1. The lowest BCUT2D eigenvalue weighted by Crippen LogP contribution is -3.00. The van der Waals surface area contributed by atoms with Gasteiger partial charge in [0.2, 0.25) is 0 Å². The number of benzene rings is 4. The van der Waals surface area contributed by atoms with E-state index in [0.717, 1.165) is 15.9 Å². The summed E-state index contributed by atoms with van der Waals surface area (Å²) in [7, 11) is -2.41. The largest absolute Gasteiger partial charge is 1.00 e. The second kappa shape index (κ2) is 11.9. The fraction of sp³-hybridized carbons (Fsp3) is 0.0714. The highest BCUT2D eigenvalue weighted by molar-refractivity contribution is 7.95. The van der Waals surface area contributed by atoms with Crippen LogP contribution >= 0.6 is 7.26 Å². The van der Waals surface area contributed by atoms with E-state index in [1.165, 1.54) is 0 Å². The quantitative estimate of drug-likeness (QED) is 0.240. The number of carboxylic acid groups (broad SMARTS) is 1. The number of halogens is 1. The second-order valence-electron chi connectivity index (χ2n) is 7.73. The maximum atomic E-state index is 12.9. The van der Waals surface area contributed by atoms with Crippen molar-refractivity contribution in [2.24, 2.45) is 0 Å². The van der Waals surface area contributed by atoms with Gasteiger partial charge in [-0.1, -0.05) is 72.8 Å². The molecule has 0 fully saturated rings. The van der Waals surface area contributed by atoms with E-state index in [1.807, 2.05) is 60.7 Å². The van der Waals surface area contributed by atoms with Gasteiger partial charge in [0.05, 0.1) is 0 Å². The Hall–Kier alpha value is -3.02. The number of carbonyl (C=O) groups is 2. The van der Waals surface area contributed by atoms with E-state index in [4.69, 9.17) is 0 Å². The number of hydrogen-bond donors (Lipinski definition) is 2. The van der Waals surface area contributed by atoms with Gasteiger partial charge in [0, 0.05) is 5.56 Å². The molecule has 0 saturated heterocycles. The number of hydrogen-bond acceptors (Lipinski definition) is 2. The van der Waals surface area contributed by atoms with Crippen LogP contribution in [0.3, 0.4) is 0 Å². The van der Waals surface area contributed by atoms with Crippen molar-refractivity contribution in [2.75, 3.05) is 6.16 Å². The molecule has 4 aromatic carbocycles. The molecular formula is C28H25INO3P. The minimum absolute atomic E-state index is 0. The van der Waals surface area contributed by atoms with Gasteiger partial charge < -0.3 is 34.4 Å². The van der Waals surface area contributed by atoms with Crippen molar-refractivity contribution in [1.82, 2.24) is 5.32 Å². The van der Waals surface area contributed by atoms with E-state index in [-0.39, 0.29) is 30.1 Å². The zero-order valence-electron chi connectivity index (χ0n) is 18.4. The summed E-state index contributed by atoms with van der Waals surface area (Å²) in [6.07, 6.45) is 0.263. The summed E-state index contributed by atoms with van der Waals surface area (Å²) in [5, 5.41) is 16.2. The van der Waals surface area contributed by atoms with Crippen molar-refractivity contribution in [3.63, 3.8) is 0 Å². The second-order valence-corrected chi connectivity index (χ2v) is 11.3. The number of carboxylic acids is 1. The summed E-state index contributed by atoms with van der Waals surface area (Å²) in [6.45, 7) is 0. The third kappa shape index (κ3) is 5.54. The first-order chi connectivity index (χ1) is 16.1. The Morgan fingerprint density at radius 3 is 1.35 bits per heavy atom. The van der Waals surface area contributed by atoms with E-state index in [2.05, 4.69) is 41.7 Å². The summed E-state index contributed by atoms with van der Waals surface area (Å²) in [4.78, 5) is 25.3. The van der Waals surface area contributed by atoms with Gasteiger partial charge in [-0.15, -0.1) is 0 Å². The molecule has 4 nitrogen and oxygen atoms in total. The van der Waals surface area contributed by atoms with Crippen molar-refractivity contribution in [1.29, 1.82) is 0 Å². The SMILES string of the molecule is O=C(N[C@H](C[P+](c1ccccc1)(c1ccccc1)c1ccccc1)C(=O)O)c1ccccc1.[I-]. The maximum absolute atomic E-state index is 12.9. The zero-order chi connectivity index (χ0) is 23.1. The van der Waals surface area contributed by atoms with Crippen LogP contribution in [0, 0.1) is 0 Å². The van der Waals surface area contributed by atoms with Crippen LogP contribution in [0.4, 0.5) is 0 Å². The topological polar surface area (TPSA) is 66.4 Å². The van der Waals surface area contributed by atoms with Gasteiger partial charge in [-0.2, -0.15) is 0 Å². The lowest BCUT2D eigenvalue weighted by molar-refractivity contribution is -0.138. The normalized spacial score (nSPS) is 11.6. The van der Waals surface area contributed by atoms with Crippen LogP contribution in [0.15, 0.2) is 121 Å². The molecule has 0 heterocycles. The first-order valence-corrected chi connectivity index (χ1v) is 12.7. The third-order valence-electron chi connectivity index (χ3n) is 5.69. The summed E-state index contributed by atoms with van der Waals surface area (Å²) in [6, 6.07) is 37.8. The molecule has 1 atom stereocenters. The first kappa shape index (κ1) is 25.6. The predicted octanol–water partition coefficient (Wildman–Crippen LogP) is 0.868. The highest BCUT2D eigenvalue weighted by Gasteiger charge is 2.48. The van der Waals surface area contributed by atoms with Crippen molar-refractivity contribution in [3.8, 4) is 0 Å². The smallest absolute Gasteiger partial charge is 0.330 e. The summed E-state index contributed by atoms with van der Waals surface area (Å²) >= 11 is 0. The Balaban J connectivity index is 0.00000324. The maximum Gasteiger partial charge on any atom is 0.330 e. The Kier molecular flexibility index (Phi) is 8.97. The van der Waals surface area contributed by atoms with Gasteiger partial charge in [0.15, 0.2) is 6.04 Å². The molecule has 0 aliphatic carbocycles. The molecule has 34 heavy (non-hydrogen) atoms. The molecule has 172 valence electrons. The van der Waals surface area contributed by atoms with E-state index in [9.17, 15) is 14.7 Å². The van der Waals surface area contributed by atoms with E-state index >= 15 is 0 Å². The lowest BCUT2D eigenvalue weighted by Gasteiger charge is -2.30.